The molecule has 1 saturated carbocycles. The Bertz CT molecular complexity index is 734. The number of carbonyl (C=O) groups excluding carboxylic acids is 2. The van der Waals surface area contributed by atoms with Crippen molar-refractivity contribution in [1.82, 2.24) is 16.0 Å². The molecule has 0 radical (unpaired) electrons. The van der Waals surface area contributed by atoms with Crippen LogP contribution in [0.3, 0.4) is 0 Å². The summed E-state index contributed by atoms with van der Waals surface area (Å²) in [7, 11) is 0. The first kappa shape index (κ1) is 22.6. The maximum atomic E-state index is 12.3. The minimum Gasteiger partial charge on any atom is -0.394 e. The van der Waals surface area contributed by atoms with Crippen molar-refractivity contribution < 1.29 is 19.4 Å². The van der Waals surface area contributed by atoms with E-state index in [0.29, 0.717) is 11.6 Å². The van der Waals surface area contributed by atoms with E-state index >= 15 is 0 Å². The summed E-state index contributed by atoms with van der Waals surface area (Å²) in [5, 5.41) is 19.0. The number of halogens is 1. The van der Waals surface area contributed by atoms with E-state index in [4.69, 9.17) is 16.3 Å². The Kier molecular flexibility index (Phi) is 8.54. The van der Waals surface area contributed by atoms with Crippen LogP contribution in [-0.2, 0) is 16.1 Å². The van der Waals surface area contributed by atoms with Gasteiger partial charge in [-0.25, -0.2) is 4.79 Å². The summed E-state index contributed by atoms with van der Waals surface area (Å²) in [6.45, 7) is 0.156. The van der Waals surface area contributed by atoms with E-state index in [1.54, 1.807) is 24.3 Å². The number of rotatable bonds is 7. The molecular formula is C22H30ClN3O4. The van der Waals surface area contributed by atoms with Crippen LogP contribution in [0.25, 0.3) is 0 Å². The fourth-order valence-corrected chi connectivity index (χ4v) is 3.95. The molecular weight excluding hydrogens is 406 g/mol. The molecule has 1 aromatic carbocycles. The van der Waals surface area contributed by atoms with Gasteiger partial charge in [-0.2, -0.15) is 0 Å². The average molecular weight is 436 g/mol. The number of aliphatic hydroxyl groups excluding tert-OH is 1. The van der Waals surface area contributed by atoms with Crippen LogP contribution in [0.2, 0.25) is 5.02 Å². The molecule has 164 valence electrons. The van der Waals surface area contributed by atoms with E-state index in [0.717, 1.165) is 31.2 Å². The highest BCUT2D eigenvalue weighted by atomic mass is 35.5. The van der Waals surface area contributed by atoms with Gasteiger partial charge in [0.05, 0.1) is 25.2 Å². The van der Waals surface area contributed by atoms with Crippen LogP contribution in [0, 0.1) is 0 Å². The van der Waals surface area contributed by atoms with E-state index < -0.39 is 18.2 Å². The molecule has 1 fully saturated rings. The minimum atomic E-state index is -0.596. The zero-order valence-electron chi connectivity index (χ0n) is 17.0. The molecule has 3 amide bonds. The molecule has 2 aliphatic rings. The number of hydrogen-bond acceptors (Lipinski definition) is 4. The molecule has 0 saturated heterocycles. The second-order valence-electron chi connectivity index (χ2n) is 7.87. The fraction of sp³-hybridized carbons (Fsp3) is 0.545. The summed E-state index contributed by atoms with van der Waals surface area (Å²) in [4.78, 5) is 24.5. The lowest BCUT2D eigenvalue weighted by Gasteiger charge is -2.32. The average Bonchev–Trinajstić information content (AvgIpc) is 2.75. The first-order valence-electron chi connectivity index (χ1n) is 10.6. The molecule has 1 aromatic rings. The van der Waals surface area contributed by atoms with E-state index in [9.17, 15) is 14.7 Å². The Balaban J connectivity index is 1.44. The third kappa shape index (κ3) is 7.00. The number of aliphatic hydroxyl groups is 1. The van der Waals surface area contributed by atoms with Gasteiger partial charge in [0, 0.05) is 17.6 Å². The van der Waals surface area contributed by atoms with Crippen LogP contribution in [0.5, 0.6) is 0 Å². The summed E-state index contributed by atoms with van der Waals surface area (Å²) in [6, 6.07) is 6.78. The van der Waals surface area contributed by atoms with Crippen LogP contribution >= 0.6 is 11.6 Å². The molecule has 1 aliphatic heterocycles. The summed E-state index contributed by atoms with van der Waals surface area (Å²) in [5.74, 6) is -0.155. The Hall–Kier alpha value is -2.09. The molecule has 0 bridgehead atoms. The van der Waals surface area contributed by atoms with Crippen LogP contribution < -0.4 is 16.0 Å². The normalized spacial score (nSPS) is 24.3. The maximum absolute atomic E-state index is 12.3. The fourth-order valence-electron chi connectivity index (χ4n) is 3.82. The first-order valence-corrected chi connectivity index (χ1v) is 10.9. The molecule has 3 atom stereocenters. The maximum Gasteiger partial charge on any atom is 0.315 e. The Morgan fingerprint density at radius 3 is 2.50 bits per heavy atom. The number of amides is 3. The number of ether oxygens (including phenoxy) is 1. The van der Waals surface area contributed by atoms with Gasteiger partial charge < -0.3 is 25.8 Å². The highest BCUT2D eigenvalue weighted by Gasteiger charge is 2.29. The minimum absolute atomic E-state index is 0.140. The van der Waals surface area contributed by atoms with Crippen LogP contribution in [0.15, 0.2) is 36.4 Å². The van der Waals surface area contributed by atoms with Crippen molar-refractivity contribution in [2.45, 2.75) is 69.4 Å². The smallest absolute Gasteiger partial charge is 0.315 e. The Morgan fingerprint density at radius 2 is 1.80 bits per heavy atom. The predicted octanol–water partition coefficient (Wildman–Crippen LogP) is 2.66. The molecule has 30 heavy (non-hydrogen) atoms. The summed E-state index contributed by atoms with van der Waals surface area (Å²) in [5.41, 5.74) is 0.953. The van der Waals surface area contributed by atoms with Crippen molar-refractivity contribution in [2.75, 3.05) is 6.61 Å². The number of carbonyl (C=O) groups is 2. The zero-order valence-corrected chi connectivity index (χ0v) is 17.7. The quantitative estimate of drug-likeness (QED) is 0.495. The molecule has 4 N–H and O–H groups in total. The number of nitrogens with one attached hydrogen (secondary N) is 3. The Labute approximate surface area is 182 Å². The van der Waals surface area contributed by atoms with Gasteiger partial charge in [-0.15, -0.1) is 0 Å². The van der Waals surface area contributed by atoms with Crippen molar-refractivity contribution in [3.63, 3.8) is 0 Å². The predicted molar refractivity (Wildman–Crippen MR) is 115 cm³/mol. The lowest BCUT2D eigenvalue weighted by molar-refractivity contribution is -0.125. The number of benzene rings is 1. The monoisotopic (exact) mass is 435 g/mol. The molecule has 8 heteroatoms. The molecule has 1 heterocycles. The second-order valence-corrected chi connectivity index (χ2v) is 8.30. The first-order chi connectivity index (χ1) is 14.5. The number of hydrogen-bond donors (Lipinski definition) is 4. The Morgan fingerprint density at radius 1 is 1.07 bits per heavy atom. The highest BCUT2D eigenvalue weighted by Crippen LogP contribution is 2.18. The standard InChI is InChI=1S/C22H30ClN3O4/c23-16-8-6-15(7-9-16)13-24-21(28)12-18-10-11-19(20(14-27)30-18)26-22(29)25-17-4-2-1-3-5-17/h6-11,17-20,27H,1-5,12-14H2,(H,24,28)(H2,25,26,29)/t18-,19+,20+/m0/s1. The topological polar surface area (TPSA) is 99.7 Å². The molecule has 0 unspecified atom stereocenters. The molecule has 0 aromatic heterocycles. The van der Waals surface area contributed by atoms with Gasteiger partial charge >= 0.3 is 6.03 Å². The van der Waals surface area contributed by atoms with Gasteiger partial charge in [0.2, 0.25) is 5.91 Å². The zero-order chi connectivity index (χ0) is 21.3. The van der Waals surface area contributed by atoms with E-state index in [2.05, 4.69) is 16.0 Å². The third-order valence-electron chi connectivity index (χ3n) is 5.49. The third-order valence-corrected chi connectivity index (χ3v) is 5.74. The van der Waals surface area contributed by atoms with Crippen molar-refractivity contribution in [2.24, 2.45) is 0 Å². The largest absolute Gasteiger partial charge is 0.394 e. The SMILES string of the molecule is O=C(C[C@@H]1C=C[C@@H](NC(=O)NC2CCCCC2)[C@@H](CO)O1)NCc1ccc(Cl)cc1. The lowest BCUT2D eigenvalue weighted by Crippen LogP contribution is -2.53. The van der Waals surface area contributed by atoms with Gasteiger partial charge in [0.15, 0.2) is 0 Å². The lowest BCUT2D eigenvalue weighted by atomic mass is 9.96. The van der Waals surface area contributed by atoms with Crippen LogP contribution in [0.4, 0.5) is 4.79 Å². The van der Waals surface area contributed by atoms with E-state index in [1.165, 1.54) is 6.42 Å². The van der Waals surface area contributed by atoms with Crippen molar-refractivity contribution in [1.29, 1.82) is 0 Å². The van der Waals surface area contributed by atoms with Gasteiger partial charge in [0.25, 0.3) is 0 Å². The summed E-state index contributed by atoms with van der Waals surface area (Å²) in [6.07, 6.45) is 8.15. The van der Waals surface area contributed by atoms with Gasteiger partial charge in [-0.1, -0.05) is 55.1 Å². The van der Waals surface area contributed by atoms with Gasteiger partial charge in [-0.3, -0.25) is 4.79 Å². The van der Waals surface area contributed by atoms with Crippen LogP contribution in [-0.4, -0.2) is 47.9 Å². The molecule has 7 nitrogen and oxygen atoms in total. The molecule has 3 rings (SSSR count). The van der Waals surface area contributed by atoms with Crippen molar-refractivity contribution in [3.8, 4) is 0 Å². The number of urea groups is 1. The van der Waals surface area contributed by atoms with E-state index in [1.807, 2.05) is 12.1 Å². The van der Waals surface area contributed by atoms with E-state index in [-0.39, 0.29) is 31.0 Å². The summed E-state index contributed by atoms with van der Waals surface area (Å²) >= 11 is 5.86. The molecule has 0 spiro atoms. The van der Waals surface area contributed by atoms with Crippen molar-refractivity contribution in [3.05, 3.63) is 47.0 Å². The highest BCUT2D eigenvalue weighted by molar-refractivity contribution is 6.30. The molecule has 1 aliphatic carbocycles. The summed E-state index contributed by atoms with van der Waals surface area (Å²) < 4.78 is 5.82. The second kappa shape index (κ2) is 11.3. The van der Waals surface area contributed by atoms with Gasteiger partial charge in [-0.05, 0) is 30.5 Å². The van der Waals surface area contributed by atoms with Crippen LogP contribution in [0.1, 0.15) is 44.1 Å². The van der Waals surface area contributed by atoms with Gasteiger partial charge in [0.1, 0.15) is 6.10 Å². The van der Waals surface area contributed by atoms with Crippen molar-refractivity contribution >= 4 is 23.5 Å².